The van der Waals surface area contributed by atoms with Crippen LogP contribution in [0, 0.1) is 12.7 Å². The molecule has 2 aliphatic rings. The Morgan fingerprint density at radius 3 is 2.51 bits per heavy atom. The molecule has 0 bridgehead atoms. The van der Waals surface area contributed by atoms with Gasteiger partial charge in [0, 0.05) is 18.7 Å². The maximum atomic E-state index is 14.2. The molecule has 0 saturated carbocycles. The number of imidazole rings is 1. The molecule has 188 valence electrons. The van der Waals surface area contributed by atoms with Crippen LogP contribution in [0.15, 0.2) is 65.4 Å². The molecule has 2 aliphatic heterocycles. The molecule has 1 amide bonds. The largest absolute Gasteiger partial charge is 0.417 e. The summed E-state index contributed by atoms with van der Waals surface area (Å²) in [5, 5.41) is 10.5. The van der Waals surface area contributed by atoms with E-state index in [0.717, 1.165) is 6.07 Å². The van der Waals surface area contributed by atoms with Crippen LogP contribution in [-0.4, -0.2) is 37.9 Å². The number of amides is 1. The number of hydrogen-bond acceptors (Lipinski definition) is 6. The number of carbonyl (C=O) groups excluding carboxylic acids is 1. The number of aryl methyl sites for hydroxylation is 1. The lowest BCUT2D eigenvalue weighted by Gasteiger charge is -2.15. The van der Waals surface area contributed by atoms with Crippen LogP contribution in [0.5, 0.6) is 0 Å². The second-order valence-corrected chi connectivity index (χ2v) is 8.23. The van der Waals surface area contributed by atoms with Crippen LogP contribution in [0.25, 0.3) is 34.0 Å². The second kappa shape index (κ2) is 9.12. The molecule has 1 aromatic heterocycles. The van der Waals surface area contributed by atoms with Crippen molar-refractivity contribution >= 4 is 5.91 Å². The average molecular weight is 510 g/mol. The number of benzene rings is 2. The zero-order valence-corrected chi connectivity index (χ0v) is 19.4. The highest BCUT2D eigenvalue weighted by Gasteiger charge is 2.35. The fraction of sp³-hybridized carbons (Fsp3) is 0.160. The van der Waals surface area contributed by atoms with E-state index in [0.29, 0.717) is 17.0 Å². The van der Waals surface area contributed by atoms with Crippen LogP contribution in [0.3, 0.4) is 0 Å². The zero-order chi connectivity index (χ0) is 26.3. The Kier molecular flexibility index (Phi) is 5.94. The van der Waals surface area contributed by atoms with Gasteiger partial charge < -0.3 is 9.84 Å². The Bertz CT molecular complexity index is 1580. The van der Waals surface area contributed by atoms with Crippen LogP contribution < -0.4 is 5.32 Å². The Labute approximate surface area is 207 Å². The summed E-state index contributed by atoms with van der Waals surface area (Å²) in [5.41, 5.74) is 0.163. The molecule has 12 heteroatoms. The van der Waals surface area contributed by atoms with Gasteiger partial charge in [0.2, 0.25) is 0 Å². The monoisotopic (exact) mass is 510 g/mol. The van der Waals surface area contributed by atoms with Crippen molar-refractivity contribution in [1.29, 1.82) is 0 Å². The first-order valence-corrected chi connectivity index (χ1v) is 11.0. The van der Waals surface area contributed by atoms with Gasteiger partial charge in [0.15, 0.2) is 17.6 Å². The van der Waals surface area contributed by atoms with E-state index in [4.69, 9.17) is 4.52 Å². The van der Waals surface area contributed by atoms with Gasteiger partial charge in [0.25, 0.3) is 5.91 Å². The minimum absolute atomic E-state index is 0.0475. The summed E-state index contributed by atoms with van der Waals surface area (Å²) in [5.74, 6) is -0.961. The Morgan fingerprint density at radius 2 is 1.78 bits per heavy atom. The molecule has 37 heavy (non-hydrogen) atoms. The van der Waals surface area contributed by atoms with E-state index in [2.05, 4.69) is 25.5 Å². The van der Waals surface area contributed by atoms with Crippen LogP contribution >= 0.6 is 0 Å². The van der Waals surface area contributed by atoms with Crippen molar-refractivity contribution in [2.24, 2.45) is 0 Å². The predicted molar refractivity (Wildman–Crippen MR) is 124 cm³/mol. The van der Waals surface area contributed by atoms with Gasteiger partial charge in [-0.25, -0.2) is 14.4 Å². The first kappa shape index (κ1) is 24.1. The van der Waals surface area contributed by atoms with Crippen molar-refractivity contribution in [2.45, 2.75) is 19.1 Å². The molecule has 5 rings (SSSR count). The van der Waals surface area contributed by atoms with Crippen LogP contribution in [0.1, 0.15) is 22.9 Å². The summed E-state index contributed by atoms with van der Waals surface area (Å²) in [6.07, 6.45) is -1.85. The van der Waals surface area contributed by atoms with E-state index in [1.807, 2.05) is 0 Å². The fourth-order valence-corrected chi connectivity index (χ4v) is 3.92. The van der Waals surface area contributed by atoms with Gasteiger partial charge in [-0.1, -0.05) is 35.0 Å². The average Bonchev–Trinajstić information content (AvgIpc) is 3.51. The third-order valence-electron chi connectivity index (χ3n) is 5.71. The van der Waals surface area contributed by atoms with Gasteiger partial charge in [-0.2, -0.15) is 18.3 Å². The van der Waals surface area contributed by atoms with E-state index in [1.54, 1.807) is 19.1 Å². The summed E-state index contributed by atoms with van der Waals surface area (Å²) in [7, 11) is 1.39. The summed E-state index contributed by atoms with van der Waals surface area (Å²) in [6, 6.07) is 9.92. The lowest BCUT2D eigenvalue weighted by molar-refractivity contribution is -0.137. The predicted octanol–water partition coefficient (Wildman–Crippen LogP) is 4.90. The number of carbonyl (C=O) groups is 1. The maximum absolute atomic E-state index is 14.2. The molecule has 0 fully saturated rings. The Morgan fingerprint density at radius 1 is 1.03 bits per heavy atom. The minimum Gasteiger partial charge on any atom is -0.358 e. The molecule has 1 N–H and O–H groups in total. The first-order valence-electron chi connectivity index (χ1n) is 11.0. The number of likely N-dealkylation sites (N-methyl/N-ethyl adjacent to an activating group) is 1. The van der Waals surface area contributed by atoms with E-state index in [9.17, 15) is 22.4 Å². The van der Waals surface area contributed by atoms with E-state index in [1.165, 1.54) is 54.5 Å². The van der Waals surface area contributed by atoms with Crippen molar-refractivity contribution in [3.05, 3.63) is 83.6 Å². The molecule has 1 atom stereocenters. The number of rotatable bonds is 5. The van der Waals surface area contributed by atoms with E-state index in [-0.39, 0.29) is 28.4 Å². The maximum Gasteiger partial charge on any atom is 0.417 e. The standard InChI is InChI=1S/C25H18F4N6O2/c1-13-7-8-14(16(9-13)25(27,28)29)18-10-21(37-34-18)22(24(36)30-2)35-12-20-19(11-31-35)32-23(33-20)15-5-3-4-6-17(15)26/h3-12,22H,1-2H3,(H,30,36). The van der Waals surface area contributed by atoms with E-state index < -0.39 is 29.5 Å². The normalized spacial score (nSPS) is 12.6. The lowest BCUT2D eigenvalue weighted by Crippen LogP contribution is -2.31. The number of halogens is 4. The van der Waals surface area contributed by atoms with E-state index >= 15 is 0 Å². The zero-order valence-electron chi connectivity index (χ0n) is 19.4. The highest BCUT2D eigenvalue weighted by Crippen LogP contribution is 2.38. The minimum atomic E-state index is -4.62. The Hall–Kier alpha value is -4.61. The highest BCUT2D eigenvalue weighted by atomic mass is 19.4. The summed E-state index contributed by atoms with van der Waals surface area (Å²) in [6.45, 7) is 1.55. The van der Waals surface area contributed by atoms with Crippen LogP contribution in [-0.2, 0) is 11.0 Å². The van der Waals surface area contributed by atoms with Gasteiger partial charge in [0.05, 0.1) is 23.5 Å². The van der Waals surface area contributed by atoms with Gasteiger partial charge in [-0.15, -0.1) is 0 Å². The Balaban J connectivity index is 1.56. The van der Waals surface area contributed by atoms with Crippen molar-refractivity contribution in [2.75, 3.05) is 7.05 Å². The smallest absolute Gasteiger partial charge is 0.358 e. The topological polar surface area (TPSA) is 98.7 Å². The number of alkyl halides is 3. The highest BCUT2D eigenvalue weighted by molar-refractivity contribution is 5.83. The molecule has 3 aromatic rings. The van der Waals surface area contributed by atoms with Crippen molar-refractivity contribution in [3.63, 3.8) is 0 Å². The van der Waals surface area contributed by atoms with Crippen molar-refractivity contribution < 1.29 is 26.9 Å². The van der Waals surface area contributed by atoms with Crippen LogP contribution in [0.4, 0.5) is 17.6 Å². The molecule has 0 radical (unpaired) electrons. The molecular formula is C25H18F4N6O2. The number of nitrogens with one attached hydrogen (secondary N) is 1. The number of hydrogen-bond donors (Lipinski definition) is 1. The fourth-order valence-electron chi connectivity index (χ4n) is 3.92. The summed E-state index contributed by atoms with van der Waals surface area (Å²) in [4.78, 5) is 21.5. The molecule has 2 aromatic carbocycles. The van der Waals surface area contributed by atoms with Gasteiger partial charge in [-0.3, -0.25) is 9.48 Å². The number of nitrogens with zero attached hydrogens (tertiary/aromatic N) is 5. The van der Waals surface area contributed by atoms with Crippen molar-refractivity contribution in [3.8, 4) is 34.0 Å². The van der Waals surface area contributed by atoms with Gasteiger partial charge in [-0.05, 0) is 25.1 Å². The van der Waals surface area contributed by atoms with Gasteiger partial charge >= 0.3 is 6.18 Å². The molecule has 8 nitrogen and oxygen atoms in total. The first-order chi connectivity index (χ1) is 17.7. The quantitative estimate of drug-likeness (QED) is 0.338. The molecule has 0 saturated heterocycles. The van der Waals surface area contributed by atoms with Crippen molar-refractivity contribution in [1.82, 2.24) is 30.2 Å². The molecule has 0 aliphatic carbocycles. The number of fused-ring (bicyclic) bond motifs is 1. The molecular weight excluding hydrogens is 492 g/mol. The summed E-state index contributed by atoms with van der Waals surface area (Å²) < 4.78 is 61.7. The SMILES string of the molecule is CNC(=O)C(c1cc(-c2ccc(C)cc2C(F)(F)F)no1)n1cc2nc(-c3ccccc3F)nc-2cn1. The molecule has 1 unspecified atom stereocenters. The van der Waals surface area contributed by atoms with Crippen LogP contribution in [0.2, 0.25) is 0 Å². The lowest BCUT2D eigenvalue weighted by atomic mass is 10.0. The van der Waals surface area contributed by atoms with Gasteiger partial charge in [0.1, 0.15) is 22.9 Å². The second-order valence-electron chi connectivity index (χ2n) is 8.23. The third kappa shape index (κ3) is 4.53. The number of aromatic nitrogens is 5. The molecule has 3 heterocycles. The summed E-state index contributed by atoms with van der Waals surface area (Å²) >= 11 is 0. The molecule has 0 spiro atoms. The third-order valence-corrected chi connectivity index (χ3v) is 5.71.